The Kier molecular flexibility index (Phi) is 3.91. The second kappa shape index (κ2) is 6.01. The van der Waals surface area contributed by atoms with Crippen molar-refractivity contribution in [1.29, 1.82) is 0 Å². The van der Waals surface area contributed by atoms with Gasteiger partial charge in [0.2, 0.25) is 5.91 Å². The van der Waals surface area contributed by atoms with E-state index in [1.165, 1.54) is 0 Å². The average Bonchev–Trinajstić information content (AvgIpc) is 3.34. The number of carbonyl (C=O) groups excluding carboxylic acids is 1. The van der Waals surface area contributed by atoms with Gasteiger partial charge in [-0.15, -0.1) is 10.2 Å². The first-order chi connectivity index (χ1) is 10.6. The molecule has 114 valence electrons. The summed E-state index contributed by atoms with van der Waals surface area (Å²) in [5.41, 5.74) is 2.07. The van der Waals surface area contributed by atoms with Crippen LogP contribution in [0.3, 0.4) is 0 Å². The highest BCUT2D eigenvalue weighted by Crippen LogP contribution is 2.29. The summed E-state index contributed by atoms with van der Waals surface area (Å²) in [5.74, 6) is 1.33. The summed E-state index contributed by atoms with van der Waals surface area (Å²) in [7, 11) is 4.01. The van der Waals surface area contributed by atoms with Gasteiger partial charge < -0.3 is 15.5 Å². The van der Waals surface area contributed by atoms with Crippen LogP contribution in [0, 0.1) is 5.92 Å². The van der Waals surface area contributed by atoms with Crippen molar-refractivity contribution in [1.82, 2.24) is 10.2 Å². The van der Waals surface area contributed by atoms with Gasteiger partial charge in [0.15, 0.2) is 11.6 Å². The summed E-state index contributed by atoms with van der Waals surface area (Å²) in [6.07, 6.45) is 1.95. The summed E-state index contributed by atoms with van der Waals surface area (Å²) in [4.78, 5) is 13.7. The molecule has 0 atom stereocenters. The maximum Gasteiger partial charge on any atom is 0.228 e. The first kappa shape index (κ1) is 14.3. The normalized spacial score (nSPS) is 13.5. The van der Waals surface area contributed by atoms with Gasteiger partial charge >= 0.3 is 0 Å². The van der Waals surface area contributed by atoms with E-state index in [1.54, 1.807) is 12.1 Å². The third kappa shape index (κ3) is 3.52. The molecule has 3 rings (SSSR count). The monoisotopic (exact) mass is 297 g/mol. The van der Waals surface area contributed by atoms with E-state index in [-0.39, 0.29) is 11.8 Å². The Morgan fingerprint density at radius 2 is 1.68 bits per heavy atom. The highest BCUT2D eigenvalue weighted by molar-refractivity contribution is 5.93. The van der Waals surface area contributed by atoms with Crippen LogP contribution in [0.5, 0.6) is 0 Å². The van der Waals surface area contributed by atoms with E-state index >= 15 is 0 Å². The SMILES string of the molecule is CN(C)c1ccc(Nc2ccc(NC(=O)C3CC3)nn2)cc1. The Morgan fingerprint density at radius 3 is 2.23 bits per heavy atom. The molecule has 0 saturated heterocycles. The van der Waals surface area contributed by atoms with Gasteiger partial charge in [-0.25, -0.2) is 0 Å². The topological polar surface area (TPSA) is 70.2 Å². The molecular weight excluding hydrogens is 278 g/mol. The number of anilines is 4. The zero-order valence-electron chi connectivity index (χ0n) is 12.7. The molecule has 0 bridgehead atoms. The Labute approximate surface area is 129 Å². The van der Waals surface area contributed by atoms with Crippen LogP contribution >= 0.6 is 0 Å². The maximum absolute atomic E-state index is 11.6. The van der Waals surface area contributed by atoms with Crippen molar-refractivity contribution in [3.8, 4) is 0 Å². The minimum absolute atomic E-state index is 0.0364. The number of aromatic nitrogens is 2. The molecule has 1 aromatic heterocycles. The van der Waals surface area contributed by atoms with Crippen molar-refractivity contribution in [3.63, 3.8) is 0 Å². The molecular formula is C16H19N5O. The molecule has 1 heterocycles. The van der Waals surface area contributed by atoms with Gasteiger partial charge in [0, 0.05) is 31.4 Å². The molecule has 1 aliphatic carbocycles. The zero-order valence-corrected chi connectivity index (χ0v) is 12.7. The number of rotatable bonds is 5. The molecule has 0 spiro atoms. The second-order valence-corrected chi connectivity index (χ2v) is 5.63. The molecule has 6 heteroatoms. The van der Waals surface area contributed by atoms with Crippen molar-refractivity contribution >= 4 is 28.9 Å². The summed E-state index contributed by atoms with van der Waals surface area (Å²) >= 11 is 0. The van der Waals surface area contributed by atoms with Crippen LogP contribution in [0.15, 0.2) is 36.4 Å². The fourth-order valence-electron chi connectivity index (χ4n) is 2.03. The highest BCUT2D eigenvalue weighted by atomic mass is 16.2. The predicted octanol–water partition coefficient (Wildman–Crippen LogP) is 2.63. The Morgan fingerprint density at radius 1 is 1.05 bits per heavy atom. The summed E-state index contributed by atoms with van der Waals surface area (Å²) in [6.45, 7) is 0. The van der Waals surface area contributed by atoms with Gasteiger partial charge in [-0.05, 0) is 49.2 Å². The van der Waals surface area contributed by atoms with Crippen LogP contribution < -0.4 is 15.5 Å². The molecule has 1 aliphatic rings. The molecule has 0 radical (unpaired) electrons. The van der Waals surface area contributed by atoms with Crippen molar-refractivity contribution in [3.05, 3.63) is 36.4 Å². The van der Waals surface area contributed by atoms with Crippen LogP contribution in [0.4, 0.5) is 23.0 Å². The van der Waals surface area contributed by atoms with Crippen LogP contribution in [0.25, 0.3) is 0 Å². The zero-order chi connectivity index (χ0) is 15.5. The van der Waals surface area contributed by atoms with Crippen molar-refractivity contribution in [2.24, 2.45) is 5.92 Å². The number of nitrogens with zero attached hydrogens (tertiary/aromatic N) is 3. The van der Waals surface area contributed by atoms with Gasteiger partial charge in [-0.1, -0.05) is 0 Å². The lowest BCUT2D eigenvalue weighted by Gasteiger charge is -2.13. The Balaban J connectivity index is 1.61. The number of amides is 1. The van der Waals surface area contributed by atoms with E-state index in [9.17, 15) is 4.79 Å². The molecule has 22 heavy (non-hydrogen) atoms. The van der Waals surface area contributed by atoms with Gasteiger partial charge in [-0.3, -0.25) is 4.79 Å². The lowest BCUT2D eigenvalue weighted by atomic mass is 10.2. The van der Waals surface area contributed by atoms with Gasteiger partial charge in [0.25, 0.3) is 0 Å². The van der Waals surface area contributed by atoms with E-state index in [0.29, 0.717) is 11.6 Å². The van der Waals surface area contributed by atoms with Gasteiger partial charge in [-0.2, -0.15) is 0 Å². The lowest BCUT2D eigenvalue weighted by Crippen LogP contribution is -2.14. The highest BCUT2D eigenvalue weighted by Gasteiger charge is 2.29. The minimum Gasteiger partial charge on any atom is -0.378 e. The number of hydrogen-bond acceptors (Lipinski definition) is 5. The standard InChI is InChI=1S/C16H19N5O/c1-21(2)13-7-5-12(6-8-13)17-14-9-10-15(20-19-14)18-16(22)11-3-4-11/h5-11H,3-4H2,1-2H3,(H,17,19)(H,18,20,22). The largest absolute Gasteiger partial charge is 0.378 e. The smallest absolute Gasteiger partial charge is 0.228 e. The van der Waals surface area contributed by atoms with E-state index in [4.69, 9.17) is 0 Å². The Bertz CT molecular complexity index is 647. The van der Waals surface area contributed by atoms with Crippen molar-refractivity contribution in [2.45, 2.75) is 12.8 Å². The Hall–Kier alpha value is -2.63. The molecule has 6 nitrogen and oxygen atoms in total. The number of nitrogens with one attached hydrogen (secondary N) is 2. The van der Waals surface area contributed by atoms with Crippen LogP contribution in [0.2, 0.25) is 0 Å². The third-order valence-electron chi connectivity index (χ3n) is 3.52. The van der Waals surface area contributed by atoms with E-state index in [1.807, 2.05) is 43.3 Å². The quantitative estimate of drug-likeness (QED) is 0.888. The summed E-state index contributed by atoms with van der Waals surface area (Å²) in [5, 5.41) is 14.0. The van der Waals surface area contributed by atoms with Gasteiger partial charge in [0.1, 0.15) is 0 Å². The van der Waals surface area contributed by atoms with Gasteiger partial charge in [0.05, 0.1) is 0 Å². The molecule has 2 aromatic rings. The molecule has 1 amide bonds. The fraction of sp³-hybridized carbons (Fsp3) is 0.312. The first-order valence-corrected chi connectivity index (χ1v) is 7.31. The van der Waals surface area contributed by atoms with Crippen molar-refractivity contribution < 1.29 is 4.79 Å². The van der Waals surface area contributed by atoms with Crippen LogP contribution in [0.1, 0.15) is 12.8 Å². The summed E-state index contributed by atoms with van der Waals surface area (Å²) < 4.78 is 0. The molecule has 2 N–H and O–H groups in total. The molecule has 1 saturated carbocycles. The molecule has 0 aliphatic heterocycles. The van der Waals surface area contributed by atoms with E-state index < -0.39 is 0 Å². The average molecular weight is 297 g/mol. The minimum atomic E-state index is 0.0364. The molecule has 1 fully saturated rings. The predicted molar refractivity (Wildman–Crippen MR) is 87.4 cm³/mol. The summed E-state index contributed by atoms with van der Waals surface area (Å²) in [6, 6.07) is 11.6. The second-order valence-electron chi connectivity index (χ2n) is 5.63. The van der Waals surface area contributed by atoms with E-state index in [2.05, 4.69) is 20.8 Å². The number of carbonyl (C=O) groups is 1. The van der Waals surface area contributed by atoms with Crippen LogP contribution in [-0.4, -0.2) is 30.2 Å². The maximum atomic E-state index is 11.6. The molecule has 1 aromatic carbocycles. The first-order valence-electron chi connectivity index (χ1n) is 7.31. The number of hydrogen-bond donors (Lipinski definition) is 2. The fourth-order valence-corrected chi connectivity index (χ4v) is 2.03. The van der Waals surface area contributed by atoms with E-state index in [0.717, 1.165) is 24.2 Å². The third-order valence-corrected chi connectivity index (χ3v) is 3.52. The van der Waals surface area contributed by atoms with Crippen LogP contribution in [-0.2, 0) is 4.79 Å². The number of benzene rings is 1. The van der Waals surface area contributed by atoms with Crippen molar-refractivity contribution in [2.75, 3.05) is 29.6 Å². The lowest BCUT2D eigenvalue weighted by molar-refractivity contribution is -0.117. The molecule has 0 unspecified atom stereocenters.